The summed E-state index contributed by atoms with van der Waals surface area (Å²) in [5, 5.41) is 3.18. The maximum atomic E-state index is 12.6. The second kappa shape index (κ2) is 5.93. The fourth-order valence-corrected chi connectivity index (χ4v) is 3.41. The number of ether oxygens (including phenoxy) is 1. The number of amides is 1. The van der Waals surface area contributed by atoms with Crippen molar-refractivity contribution in [2.75, 3.05) is 32.0 Å². The summed E-state index contributed by atoms with van der Waals surface area (Å²) >= 11 is 0. The lowest BCUT2D eigenvalue weighted by molar-refractivity contribution is 0.0618. The van der Waals surface area contributed by atoms with Crippen molar-refractivity contribution >= 4 is 11.6 Å². The van der Waals surface area contributed by atoms with Gasteiger partial charge in [0.1, 0.15) is 0 Å². The summed E-state index contributed by atoms with van der Waals surface area (Å²) in [5.74, 6) is 1.03. The zero-order chi connectivity index (χ0) is 14.8. The van der Waals surface area contributed by atoms with Gasteiger partial charge in [-0.3, -0.25) is 4.79 Å². The molecule has 0 aromatic heterocycles. The highest BCUT2D eigenvalue weighted by atomic mass is 16.5. The van der Waals surface area contributed by atoms with Crippen LogP contribution in [0, 0.1) is 5.92 Å². The van der Waals surface area contributed by atoms with Gasteiger partial charge in [0.25, 0.3) is 5.91 Å². The maximum Gasteiger partial charge on any atom is 0.255 e. The molecular formula is C16H23N3O2. The Kier molecular flexibility index (Phi) is 4.01. The van der Waals surface area contributed by atoms with Crippen LogP contribution in [0.25, 0.3) is 0 Å². The van der Waals surface area contributed by atoms with Crippen LogP contribution in [0.2, 0.25) is 0 Å². The number of rotatable bonds is 4. The second-order valence-electron chi connectivity index (χ2n) is 5.87. The lowest BCUT2D eigenvalue weighted by Crippen LogP contribution is -2.57. The van der Waals surface area contributed by atoms with Crippen molar-refractivity contribution in [3.05, 3.63) is 23.8 Å². The zero-order valence-electron chi connectivity index (χ0n) is 12.5. The number of benzene rings is 1. The molecule has 3 fully saturated rings. The van der Waals surface area contributed by atoms with E-state index < -0.39 is 0 Å². The number of carbonyl (C=O) groups is 1. The third-order valence-electron chi connectivity index (χ3n) is 4.55. The number of nitrogens with two attached hydrogens (primary N) is 1. The highest BCUT2D eigenvalue weighted by Crippen LogP contribution is 2.29. The van der Waals surface area contributed by atoms with Crippen molar-refractivity contribution in [2.24, 2.45) is 5.92 Å². The smallest absolute Gasteiger partial charge is 0.255 e. The molecule has 0 saturated carbocycles. The van der Waals surface area contributed by atoms with E-state index in [0.717, 1.165) is 6.54 Å². The topological polar surface area (TPSA) is 67.6 Å². The predicted octanol–water partition coefficient (Wildman–Crippen LogP) is 1.49. The number of piperidine rings is 3. The van der Waals surface area contributed by atoms with Gasteiger partial charge in [-0.1, -0.05) is 6.07 Å². The Bertz CT molecular complexity index is 524. The molecule has 3 aliphatic heterocycles. The van der Waals surface area contributed by atoms with Crippen LogP contribution in [0.3, 0.4) is 0 Å². The van der Waals surface area contributed by atoms with Crippen LogP contribution in [0.1, 0.15) is 30.1 Å². The predicted molar refractivity (Wildman–Crippen MR) is 82.4 cm³/mol. The van der Waals surface area contributed by atoms with E-state index in [2.05, 4.69) is 10.2 Å². The van der Waals surface area contributed by atoms with E-state index in [-0.39, 0.29) is 11.9 Å². The molecule has 3 heterocycles. The first-order chi connectivity index (χ1) is 10.2. The van der Waals surface area contributed by atoms with Gasteiger partial charge in [-0.05, 0) is 50.9 Å². The maximum absolute atomic E-state index is 12.6. The minimum absolute atomic E-state index is 0.0792. The highest BCUT2D eigenvalue weighted by Gasteiger charge is 2.35. The second-order valence-corrected chi connectivity index (χ2v) is 5.87. The van der Waals surface area contributed by atoms with Gasteiger partial charge in [-0.15, -0.1) is 0 Å². The summed E-state index contributed by atoms with van der Waals surface area (Å²) in [6, 6.07) is 5.58. The number of nitrogens with zero attached hydrogens (tertiary/aromatic N) is 1. The van der Waals surface area contributed by atoms with Crippen LogP contribution in [-0.4, -0.2) is 43.1 Å². The molecular weight excluding hydrogens is 266 g/mol. The lowest BCUT2D eigenvalue weighted by atomic mass is 9.84. The third kappa shape index (κ3) is 2.83. The van der Waals surface area contributed by atoms with Crippen LogP contribution in [0.15, 0.2) is 18.2 Å². The summed E-state index contributed by atoms with van der Waals surface area (Å²) in [4.78, 5) is 15.0. The van der Waals surface area contributed by atoms with Gasteiger partial charge in [0.05, 0.1) is 17.9 Å². The Balaban J connectivity index is 1.75. The molecule has 3 N–H and O–H groups in total. The standard InChI is InChI=1S/C16H23N3O2/c1-2-21-15-12(4-3-5-13(15)17)16(20)18-14-10-19-8-6-11(14)7-9-19/h3-5,11,14H,2,6-10,17H2,1H3,(H,18,20). The van der Waals surface area contributed by atoms with Gasteiger partial charge in [-0.2, -0.15) is 0 Å². The van der Waals surface area contributed by atoms with Crippen molar-refractivity contribution in [3.63, 3.8) is 0 Å². The number of carbonyl (C=O) groups excluding carboxylic acids is 1. The third-order valence-corrected chi connectivity index (χ3v) is 4.55. The van der Waals surface area contributed by atoms with Gasteiger partial charge in [0.2, 0.25) is 0 Å². The molecule has 21 heavy (non-hydrogen) atoms. The summed E-state index contributed by atoms with van der Waals surface area (Å²) < 4.78 is 5.54. The number of hydrogen-bond donors (Lipinski definition) is 2. The number of para-hydroxylation sites is 1. The van der Waals surface area contributed by atoms with Gasteiger partial charge < -0.3 is 20.7 Å². The van der Waals surface area contributed by atoms with E-state index in [1.54, 1.807) is 18.2 Å². The van der Waals surface area contributed by atoms with Gasteiger partial charge in [0, 0.05) is 12.6 Å². The summed E-state index contributed by atoms with van der Waals surface area (Å²) in [6.45, 7) is 5.68. The fraction of sp³-hybridized carbons (Fsp3) is 0.562. The monoisotopic (exact) mass is 289 g/mol. The van der Waals surface area contributed by atoms with E-state index in [4.69, 9.17) is 10.5 Å². The normalized spacial score (nSPS) is 27.4. The molecule has 1 unspecified atom stereocenters. The molecule has 3 aliphatic rings. The molecule has 1 aromatic carbocycles. The average Bonchev–Trinajstić information content (AvgIpc) is 2.50. The van der Waals surface area contributed by atoms with Crippen LogP contribution in [-0.2, 0) is 0 Å². The molecule has 114 valence electrons. The number of fused-ring (bicyclic) bond motifs is 3. The molecule has 5 heteroatoms. The van der Waals surface area contributed by atoms with Crippen molar-refractivity contribution in [1.82, 2.24) is 10.2 Å². The molecule has 0 radical (unpaired) electrons. The molecule has 2 bridgehead atoms. The SMILES string of the molecule is CCOc1c(N)cccc1C(=O)NC1CN2CCC1CC2. The van der Waals surface area contributed by atoms with E-state index >= 15 is 0 Å². The largest absolute Gasteiger partial charge is 0.491 e. The van der Waals surface area contributed by atoms with Gasteiger partial charge in [0.15, 0.2) is 5.75 Å². The van der Waals surface area contributed by atoms with E-state index in [0.29, 0.717) is 29.5 Å². The molecule has 4 rings (SSSR count). The first-order valence-electron chi connectivity index (χ1n) is 7.73. The average molecular weight is 289 g/mol. The molecule has 3 saturated heterocycles. The zero-order valence-corrected chi connectivity index (χ0v) is 12.5. The Morgan fingerprint density at radius 1 is 1.43 bits per heavy atom. The van der Waals surface area contributed by atoms with Crippen LogP contribution in [0.5, 0.6) is 5.75 Å². The van der Waals surface area contributed by atoms with Gasteiger partial charge in [-0.25, -0.2) is 0 Å². The highest BCUT2D eigenvalue weighted by molar-refractivity contribution is 5.98. The summed E-state index contributed by atoms with van der Waals surface area (Å²) in [7, 11) is 0. The number of hydrogen-bond acceptors (Lipinski definition) is 4. The number of nitrogens with one attached hydrogen (secondary N) is 1. The first-order valence-corrected chi connectivity index (χ1v) is 7.73. The van der Waals surface area contributed by atoms with Crippen molar-refractivity contribution < 1.29 is 9.53 Å². The minimum Gasteiger partial charge on any atom is -0.491 e. The number of nitrogen functional groups attached to an aromatic ring is 1. The van der Waals surface area contributed by atoms with Crippen LogP contribution >= 0.6 is 0 Å². The molecule has 1 amide bonds. The van der Waals surface area contributed by atoms with Crippen LogP contribution < -0.4 is 15.8 Å². The molecule has 0 spiro atoms. The first kappa shape index (κ1) is 14.2. The Morgan fingerprint density at radius 3 is 2.81 bits per heavy atom. The van der Waals surface area contributed by atoms with E-state index in [9.17, 15) is 4.79 Å². The Morgan fingerprint density at radius 2 is 2.19 bits per heavy atom. The number of anilines is 1. The van der Waals surface area contributed by atoms with Crippen molar-refractivity contribution in [1.29, 1.82) is 0 Å². The summed E-state index contributed by atoms with van der Waals surface area (Å²) in [6.07, 6.45) is 2.36. The van der Waals surface area contributed by atoms with Crippen LogP contribution in [0.4, 0.5) is 5.69 Å². The van der Waals surface area contributed by atoms with E-state index in [1.807, 2.05) is 6.92 Å². The van der Waals surface area contributed by atoms with Gasteiger partial charge >= 0.3 is 0 Å². The lowest BCUT2D eigenvalue weighted by Gasteiger charge is -2.44. The molecule has 5 nitrogen and oxygen atoms in total. The Hall–Kier alpha value is -1.75. The molecule has 1 atom stereocenters. The summed E-state index contributed by atoms with van der Waals surface area (Å²) in [5.41, 5.74) is 6.97. The quantitative estimate of drug-likeness (QED) is 0.824. The van der Waals surface area contributed by atoms with Crippen molar-refractivity contribution in [2.45, 2.75) is 25.8 Å². The molecule has 1 aromatic rings. The molecule has 0 aliphatic carbocycles. The fourth-order valence-electron chi connectivity index (χ4n) is 3.41. The van der Waals surface area contributed by atoms with E-state index in [1.165, 1.54) is 25.9 Å². The van der Waals surface area contributed by atoms with Crippen molar-refractivity contribution in [3.8, 4) is 5.75 Å². The Labute approximate surface area is 125 Å². The minimum atomic E-state index is -0.0792.